The quantitative estimate of drug-likeness (QED) is 0.250. The molecule has 0 spiro atoms. The van der Waals surface area contributed by atoms with Crippen LogP contribution in [0.4, 0.5) is 5.69 Å². The van der Waals surface area contributed by atoms with Gasteiger partial charge >= 0.3 is 0 Å². The first kappa shape index (κ1) is 21.2. The molecule has 168 valence electrons. The Balaban J connectivity index is 1.70. The molecule has 0 bridgehead atoms. The number of aromatic nitrogens is 1. The SMILES string of the molecule is CC[C@@](C(=O)N1CCc2ccccc21)(c1ccccc1)n1c2ccccc2c2cc(Br)ccc21. The first-order valence-electron chi connectivity index (χ1n) is 11.8. The van der Waals surface area contributed by atoms with Crippen LogP contribution in [0.3, 0.4) is 0 Å². The van der Waals surface area contributed by atoms with E-state index in [1.54, 1.807) is 0 Å². The number of hydrogen-bond donors (Lipinski definition) is 0. The molecular weight excluding hydrogens is 484 g/mol. The molecule has 0 unspecified atom stereocenters. The summed E-state index contributed by atoms with van der Waals surface area (Å²) in [5.74, 6) is 0.122. The average molecular weight is 509 g/mol. The number of amides is 1. The maximum atomic E-state index is 14.8. The first-order valence-corrected chi connectivity index (χ1v) is 12.6. The highest BCUT2D eigenvalue weighted by Gasteiger charge is 2.46. The molecule has 0 aliphatic carbocycles. The van der Waals surface area contributed by atoms with Crippen molar-refractivity contribution in [2.75, 3.05) is 11.4 Å². The van der Waals surface area contributed by atoms with Crippen molar-refractivity contribution < 1.29 is 4.79 Å². The van der Waals surface area contributed by atoms with Gasteiger partial charge in [-0.1, -0.05) is 89.6 Å². The number of anilines is 1. The maximum absolute atomic E-state index is 14.8. The summed E-state index contributed by atoms with van der Waals surface area (Å²) < 4.78 is 3.33. The van der Waals surface area contributed by atoms with E-state index in [1.807, 2.05) is 29.2 Å². The fraction of sp³-hybridized carbons (Fsp3) is 0.167. The molecule has 1 amide bonds. The molecule has 6 rings (SSSR count). The molecule has 4 aromatic carbocycles. The Kier molecular flexibility index (Phi) is 5.07. The highest BCUT2D eigenvalue weighted by atomic mass is 79.9. The Morgan fingerprint density at radius 2 is 1.56 bits per heavy atom. The van der Waals surface area contributed by atoms with Gasteiger partial charge in [-0.2, -0.15) is 0 Å². The van der Waals surface area contributed by atoms with Crippen molar-refractivity contribution in [3.8, 4) is 0 Å². The number of para-hydroxylation sites is 2. The third-order valence-corrected chi connectivity index (χ3v) is 7.76. The van der Waals surface area contributed by atoms with Crippen LogP contribution in [0.5, 0.6) is 0 Å². The Morgan fingerprint density at radius 1 is 0.853 bits per heavy atom. The van der Waals surface area contributed by atoms with Gasteiger partial charge in [0.2, 0.25) is 0 Å². The summed E-state index contributed by atoms with van der Waals surface area (Å²) >= 11 is 3.66. The van der Waals surface area contributed by atoms with Crippen molar-refractivity contribution in [2.45, 2.75) is 25.3 Å². The van der Waals surface area contributed by atoms with Gasteiger partial charge in [-0.05, 0) is 54.3 Å². The second-order valence-electron chi connectivity index (χ2n) is 8.93. The van der Waals surface area contributed by atoms with Crippen LogP contribution >= 0.6 is 15.9 Å². The van der Waals surface area contributed by atoms with Crippen molar-refractivity contribution in [3.63, 3.8) is 0 Å². The maximum Gasteiger partial charge on any atom is 0.257 e. The van der Waals surface area contributed by atoms with Gasteiger partial charge in [0, 0.05) is 27.5 Å². The summed E-state index contributed by atoms with van der Waals surface area (Å²) in [7, 11) is 0. The van der Waals surface area contributed by atoms with Crippen molar-refractivity contribution >= 4 is 49.3 Å². The Morgan fingerprint density at radius 3 is 2.38 bits per heavy atom. The number of carbonyl (C=O) groups excluding carboxylic acids is 1. The normalized spacial score (nSPS) is 14.9. The van der Waals surface area contributed by atoms with Crippen LogP contribution in [0.1, 0.15) is 24.5 Å². The zero-order valence-electron chi connectivity index (χ0n) is 19.0. The summed E-state index contributed by atoms with van der Waals surface area (Å²) in [6, 6.07) is 33.4. The van der Waals surface area contributed by atoms with Crippen molar-refractivity contribution in [1.29, 1.82) is 0 Å². The Bertz CT molecular complexity index is 1540. The molecule has 0 N–H and O–H groups in total. The monoisotopic (exact) mass is 508 g/mol. The summed E-state index contributed by atoms with van der Waals surface area (Å²) in [6.07, 6.45) is 1.52. The van der Waals surface area contributed by atoms with Gasteiger partial charge < -0.3 is 9.47 Å². The molecule has 4 heteroatoms. The fourth-order valence-electron chi connectivity index (χ4n) is 5.70. The molecule has 1 aliphatic heterocycles. The van der Waals surface area contributed by atoms with E-state index in [9.17, 15) is 4.79 Å². The van der Waals surface area contributed by atoms with Crippen LogP contribution in [0, 0.1) is 0 Å². The lowest BCUT2D eigenvalue weighted by Gasteiger charge is -2.38. The van der Waals surface area contributed by atoms with Crippen LogP contribution in [0.2, 0.25) is 0 Å². The third kappa shape index (κ3) is 2.98. The number of halogens is 1. The largest absolute Gasteiger partial charge is 0.321 e. The van der Waals surface area contributed by atoms with E-state index < -0.39 is 5.54 Å². The second-order valence-corrected chi connectivity index (χ2v) is 9.85. The molecule has 1 aromatic heterocycles. The summed E-state index contributed by atoms with van der Waals surface area (Å²) in [4.78, 5) is 16.8. The van der Waals surface area contributed by atoms with Gasteiger partial charge in [-0.25, -0.2) is 0 Å². The van der Waals surface area contributed by atoms with Crippen LogP contribution < -0.4 is 4.90 Å². The van der Waals surface area contributed by atoms with Crippen molar-refractivity contribution in [1.82, 2.24) is 4.57 Å². The number of nitrogens with zero attached hydrogens (tertiary/aromatic N) is 2. The molecule has 0 fully saturated rings. The predicted octanol–water partition coefficient (Wildman–Crippen LogP) is 7.30. The smallest absolute Gasteiger partial charge is 0.257 e. The van der Waals surface area contributed by atoms with Crippen LogP contribution in [0.25, 0.3) is 21.8 Å². The minimum atomic E-state index is -0.881. The fourth-order valence-corrected chi connectivity index (χ4v) is 6.07. The van der Waals surface area contributed by atoms with Crippen LogP contribution in [-0.4, -0.2) is 17.0 Å². The minimum absolute atomic E-state index is 0.122. The summed E-state index contributed by atoms with van der Waals surface area (Å²) in [5, 5.41) is 2.30. The van der Waals surface area contributed by atoms with E-state index in [2.05, 4.69) is 100 Å². The summed E-state index contributed by atoms with van der Waals surface area (Å²) in [6.45, 7) is 2.84. The number of benzene rings is 4. The lowest BCUT2D eigenvalue weighted by Crippen LogP contribution is -2.51. The number of fused-ring (bicyclic) bond motifs is 4. The Hall–Kier alpha value is -3.37. The number of carbonyl (C=O) groups is 1. The summed E-state index contributed by atoms with van der Waals surface area (Å²) in [5.41, 5.74) is 4.54. The van der Waals surface area contributed by atoms with E-state index in [0.29, 0.717) is 13.0 Å². The van der Waals surface area contributed by atoms with Crippen molar-refractivity contribution in [2.24, 2.45) is 0 Å². The lowest BCUT2D eigenvalue weighted by atomic mass is 9.84. The van der Waals surface area contributed by atoms with Crippen molar-refractivity contribution in [3.05, 3.63) is 113 Å². The van der Waals surface area contributed by atoms with Gasteiger partial charge in [0.05, 0.1) is 11.0 Å². The molecular formula is C30H25BrN2O. The third-order valence-electron chi connectivity index (χ3n) is 7.27. The van der Waals surface area contributed by atoms with E-state index in [0.717, 1.165) is 44.0 Å². The Labute approximate surface area is 207 Å². The van der Waals surface area contributed by atoms with Gasteiger partial charge in [0.25, 0.3) is 5.91 Å². The molecule has 2 heterocycles. The van der Waals surface area contributed by atoms with E-state index in [4.69, 9.17) is 0 Å². The molecule has 3 nitrogen and oxygen atoms in total. The molecule has 1 atom stereocenters. The van der Waals surface area contributed by atoms with Crippen LogP contribution in [-0.2, 0) is 16.8 Å². The van der Waals surface area contributed by atoms with Gasteiger partial charge in [-0.3, -0.25) is 4.79 Å². The molecule has 5 aromatic rings. The van der Waals surface area contributed by atoms with E-state index in [-0.39, 0.29) is 5.91 Å². The molecule has 34 heavy (non-hydrogen) atoms. The number of hydrogen-bond acceptors (Lipinski definition) is 1. The highest BCUT2D eigenvalue weighted by molar-refractivity contribution is 9.10. The molecule has 1 aliphatic rings. The highest BCUT2D eigenvalue weighted by Crippen LogP contribution is 2.43. The zero-order chi connectivity index (χ0) is 23.3. The van der Waals surface area contributed by atoms with E-state index in [1.165, 1.54) is 5.56 Å². The second kappa shape index (κ2) is 8.14. The average Bonchev–Trinajstić information content (AvgIpc) is 3.45. The zero-order valence-corrected chi connectivity index (χ0v) is 20.6. The first-order chi connectivity index (χ1) is 16.6. The predicted molar refractivity (Wildman–Crippen MR) is 143 cm³/mol. The molecule has 0 saturated carbocycles. The van der Waals surface area contributed by atoms with Gasteiger partial charge in [0.1, 0.15) is 5.54 Å². The van der Waals surface area contributed by atoms with Gasteiger partial charge in [0.15, 0.2) is 0 Å². The lowest BCUT2D eigenvalue weighted by molar-refractivity contribution is -0.125. The molecule has 0 saturated heterocycles. The topological polar surface area (TPSA) is 25.2 Å². The molecule has 0 radical (unpaired) electrons. The number of rotatable bonds is 4. The standard InChI is InChI=1S/C30H25BrN2O/c1-2-30(22-11-4-3-5-12-22,29(34)32-19-18-21-10-6-8-14-26(21)32)33-27-15-9-7-13-24(27)25-20-23(31)16-17-28(25)33/h3-17,20H,2,18-19H2,1H3/t30-/m0/s1. The minimum Gasteiger partial charge on any atom is -0.321 e. The van der Waals surface area contributed by atoms with Crippen LogP contribution in [0.15, 0.2) is 102 Å². The van der Waals surface area contributed by atoms with Gasteiger partial charge in [-0.15, -0.1) is 0 Å². The van der Waals surface area contributed by atoms with E-state index >= 15 is 0 Å².